The van der Waals surface area contributed by atoms with Gasteiger partial charge in [0.1, 0.15) is 18.3 Å². The minimum atomic E-state index is -4.20. The van der Waals surface area contributed by atoms with E-state index < -0.39 is 30.7 Å². The van der Waals surface area contributed by atoms with Crippen LogP contribution in [0, 0.1) is 0 Å². The monoisotopic (exact) mass is 771 g/mol. The minimum absolute atomic E-state index is 0.0216. The first-order valence-electron chi connectivity index (χ1n) is 17.6. The summed E-state index contributed by atoms with van der Waals surface area (Å²) < 4.78 is 23.8. The lowest BCUT2D eigenvalue weighted by Gasteiger charge is -2.28. The molecule has 1 aliphatic heterocycles. The molecule has 55 heavy (non-hydrogen) atoms. The van der Waals surface area contributed by atoms with Gasteiger partial charge < -0.3 is 29.7 Å². The first kappa shape index (κ1) is 37.6. The second-order valence-electron chi connectivity index (χ2n) is 12.9. The second-order valence-corrected chi connectivity index (χ2v) is 15.9. The smallest absolute Gasteiger partial charge is 0.359 e. The predicted molar refractivity (Wildman–Crippen MR) is 215 cm³/mol. The highest BCUT2D eigenvalue weighted by atomic mass is 32.2. The fraction of sp³-hybridized carbons (Fsp3) is 0.140. The summed E-state index contributed by atoms with van der Waals surface area (Å²) in [5.41, 5.74) is 3.16. The Kier molecular flexibility index (Phi) is 11.5. The van der Waals surface area contributed by atoms with Gasteiger partial charge in [-0.2, -0.15) is 0 Å². The molecule has 278 valence electrons. The average molecular weight is 772 g/mol. The van der Waals surface area contributed by atoms with E-state index in [1.165, 1.54) is 40.9 Å². The maximum Gasteiger partial charge on any atom is 0.359 e. The summed E-state index contributed by atoms with van der Waals surface area (Å²) >= 11 is 1.41. The van der Waals surface area contributed by atoms with Crippen LogP contribution >= 0.6 is 19.4 Å². The Morgan fingerprint density at radius 3 is 2.27 bits per heavy atom. The molecule has 6 aromatic rings. The molecule has 1 heterocycles. The molecule has 0 saturated carbocycles. The van der Waals surface area contributed by atoms with Gasteiger partial charge in [-0.25, -0.2) is 0 Å². The SMILES string of the molecule is COc1ccc([C@@H]2Sc3ccccc3N(CC(=O)NCc3cccc4ccccc34)C(=O)[C@H]2NC(=O)c2ccc(P(=O)(O)OCc3ccccc3)cc2)cc1. The minimum Gasteiger partial charge on any atom is -0.497 e. The topological polar surface area (TPSA) is 134 Å². The molecule has 0 bridgehead atoms. The summed E-state index contributed by atoms with van der Waals surface area (Å²) in [7, 11) is -2.64. The number of nitrogens with one attached hydrogen (secondary N) is 2. The Balaban J connectivity index is 1.14. The number of anilines is 1. The van der Waals surface area contributed by atoms with Crippen LogP contribution in [0.3, 0.4) is 0 Å². The van der Waals surface area contributed by atoms with E-state index in [0.717, 1.165) is 32.4 Å². The van der Waals surface area contributed by atoms with Gasteiger partial charge in [0.25, 0.3) is 11.8 Å². The summed E-state index contributed by atoms with van der Waals surface area (Å²) in [6, 6.07) is 42.0. The molecule has 0 fully saturated rings. The highest BCUT2D eigenvalue weighted by molar-refractivity contribution is 7.99. The number of amides is 3. The van der Waals surface area contributed by atoms with Crippen LogP contribution in [0.4, 0.5) is 5.69 Å². The molecule has 1 unspecified atom stereocenters. The van der Waals surface area contributed by atoms with Gasteiger partial charge in [-0.3, -0.25) is 18.9 Å². The summed E-state index contributed by atoms with van der Waals surface area (Å²) in [5.74, 6) is -0.785. The van der Waals surface area contributed by atoms with Crippen molar-refractivity contribution >= 4 is 58.8 Å². The number of carbonyl (C=O) groups is 3. The molecule has 10 nitrogen and oxygen atoms in total. The zero-order valence-electron chi connectivity index (χ0n) is 29.8. The molecule has 6 aromatic carbocycles. The molecule has 3 N–H and O–H groups in total. The average Bonchev–Trinajstić information content (AvgIpc) is 3.33. The first-order chi connectivity index (χ1) is 26.7. The molecule has 0 spiro atoms. The number of hydrogen-bond donors (Lipinski definition) is 3. The van der Waals surface area contributed by atoms with Gasteiger partial charge in [-0.15, -0.1) is 11.8 Å². The van der Waals surface area contributed by atoms with Crippen LogP contribution in [-0.4, -0.2) is 42.3 Å². The normalized spacial score (nSPS) is 16.4. The molecule has 7 rings (SSSR count). The molecule has 0 radical (unpaired) electrons. The van der Waals surface area contributed by atoms with Crippen molar-refractivity contribution < 1.29 is 33.1 Å². The van der Waals surface area contributed by atoms with E-state index in [1.54, 1.807) is 43.5 Å². The van der Waals surface area contributed by atoms with Crippen LogP contribution in [0.2, 0.25) is 0 Å². The van der Waals surface area contributed by atoms with Gasteiger partial charge in [-0.1, -0.05) is 97.1 Å². The number of thioether (sulfide) groups is 1. The van der Waals surface area contributed by atoms with Crippen LogP contribution in [0.25, 0.3) is 10.8 Å². The Labute approximate surface area is 323 Å². The predicted octanol–water partition coefficient (Wildman–Crippen LogP) is 7.17. The number of methoxy groups -OCH3 is 1. The van der Waals surface area contributed by atoms with Crippen LogP contribution in [0.1, 0.15) is 32.3 Å². The number of nitrogens with zero attached hydrogens (tertiary/aromatic N) is 1. The third kappa shape index (κ3) is 8.66. The zero-order chi connectivity index (χ0) is 38.4. The number of hydrogen-bond acceptors (Lipinski definition) is 7. The molecule has 12 heteroatoms. The van der Waals surface area contributed by atoms with Crippen molar-refractivity contribution in [2.24, 2.45) is 0 Å². The highest BCUT2D eigenvalue weighted by Crippen LogP contribution is 2.46. The second kappa shape index (κ2) is 16.8. The van der Waals surface area contributed by atoms with E-state index in [-0.39, 0.29) is 36.5 Å². The zero-order valence-corrected chi connectivity index (χ0v) is 31.5. The quantitative estimate of drug-likeness (QED) is 0.112. The number of carbonyl (C=O) groups excluding carboxylic acids is 3. The summed E-state index contributed by atoms with van der Waals surface area (Å²) in [6.07, 6.45) is 0. The molecule has 0 aromatic heterocycles. The van der Waals surface area contributed by atoms with E-state index in [1.807, 2.05) is 84.9 Å². The molecule has 3 amide bonds. The van der Waals surface area contributed by atoms with Crippen molar-refractivity contribution in [1.29, 1.82) is 0 Å². The van der Waals surface area contributed by atoms with Crippen LogP contribution in [0.5, 0.6) is 5.75 Å². The van der Waals surface area contributed by atoms with Crippen molar-refractivity contribution in [3.8, 4) is 5.75 Å². The number of ether oxygens (including phenoxy) is 1. The van der Waals surface area contributed by atoms with E-state index >= 15 is 0 Å². The molecule has 0 aliphatic carbocycles. The summed E-state index contributed by atoms with van der Waals surface area (Å²) in [5, 5.41) is 7.44. The lowest BCUT2D eigenvalue weighted by atomic mass is 10.0. The fourth-order valence-electron chi connectivity index (χ4n) is 6.43. The molecule has 1 aliphatic rings. The third-order valence-electron chi connectivity index (χ3n) is 9.34. The Morgan fingerprint density at radius 2 is 1.51 bits per heavy atom. The van der Waals surface area contributed by atoms with Crippen molar-refractivity contribution in [2.45, 2.75) is 29.3 Å². The Morgan fingerprint density at radius 1 is 0.818 bits per heavy atom. The van der Waals surface area contributed by atoms with Gasteiger partial charge in [-0.05, 0) is 76.0 Å². The first-order valence-corrected chi connectivity index (χ1v) is 20.0. The fourth-order valence-corrected chi connectivity index (χ4v) is 8.77. The maximum atomic E-state index is 14.7. The Bertz CT molecular complexity index is 2370. The van der Waals surface area contributed by atoms with Gasteiger partial charge in [0.15, 0.2) is 0 Å². The van der Waals surface area contributed by atoms with E-state index in [2.05, 4.69) is 10.6 Å². The molecular formula is C43H38N3O7PS. The number of benzene rings is 6. The van der Waals surface area contributed by atoms with Gasteiger partial charge >= 0.3 is 7.60 Å². The highest BCUT2D eigenvalue weighted by Gasteiger charge is 2.40. The van der Waals surface area contributed by atoms with Gasteiger partial charge in [0.2, 0.25) is 5.91 Å². The summed E-state index contributed by atoms with van der Waals surface area (Å²) in [4.78, 5) is 55.2. The van der Waals surface area contributed by atoms with Gasteiger partial charge in [0, 0.05) is 17.0 Å². The van der Waals surface area contributed by atoms with Crippen LogP contribution < -0.4 is 25.6 Å². The van der Waals surface area contributed by atoms with Crippen LogP contribution in [-0.2, 0) is 31.8 Å². The standard InChI is InChI=1S/C43H38N3O7PS/c1-52-34-22-18-31(19-23-34)41-40(45-42(48)32-20-24-35(25-21-32)54(50,51)53-28-29-10-3-2-4-11-29)43(49)46(37-16-7-8-17-38(37)55-41)27-39(47)44-26-33-14-9-13-30-12-5-6-15-36(30)33/h2-25,40-41H,26-28H2,1H3,(H,44,47)(H,45,48)(H,50,51)/t40-,41-/m0/s1. The third-order valence-corrected chi connectivity index (χ3v) is 12.2. The Hall–Kier alpha value is -5.71. The van der Waals surface area contributed by atoms with Crippen molar-refractivity contribution in [3.05, 3.63) is 168 Å². The van der Waals surface area contributed by atoms with Crippen LogP contribution in [0.15, 0.2) is 150 Å². The maximum absolute atomic E-state index is 14.7. The molecule has 0 saturated heterocycles. The number of fused-ring (bicyclic) bond motifs is 2. The van der Waals surface area contributed by atoms with Crippen molar-refractivity contribution in [1.82, 2.24) is 10.6 Å². The van der Waals surface area contributed by atoms with Gasteiger partial charge in [0.05, 0.1) is 30.0 Å². The molecular weight excluding hydrogens is 734 g/mol. The summed E-state index contributed by atoms with van der Waals surface area (Å²) in [6.45, 7) is -0.0845. The van der Waals surface area contributed by atoms with E-state index in [4.69, 9.17) is 9.26 Å². The van der Waals surface area contributed by atoms with Crippen molar-refractivity contribution in [2.75, 3.05) is 18.6 Å². The number of para-hydroxylation sites is 1. The lowest BCUT2D eigenvalue weighted by Crippen LogP contribution is -2.52. The van der Waals surface area contributed by atoms with E-state index in [0.29, 0.717) is 11.4 Å². The largest absolute Gasteiger partial charge is 0.497 e. The van der Waals surface area contributed by atoms with Crippen molar-refractivity contribution in [3.63, 3.8) is 0 Å². The van der Waals surface area contributed by atoms with E-state index in [9.17, 15) is 23.8 Å². The molecule has 3 atom stereocenters. The number of rotatable bonds is 12. The lowest BCUT2D eigenvalue weighted by molar-refractivity contribution is -0.124.